The number of likely N-dealkylation sites (N-methyl/N-ethyl adjacent to an activating group) is 2. The molecule has 0 aliphatic rings. The predicted molar refractivity (Wildman–Crippen MR) is 72.7 cm³/mol. The average Bonchev–Trinajstić information content (AvgIpc) is 2.42. The smallest absolute Gasteiger partial charge is 0.239 e. The van der Waals surface area contributed by atoms with Crippen LogP contribution in [0.25, 0.3) is 0 Å². The van der Waals surface area contributed by atoms with Gasteiger partial charge in [-0.05, 0) is 27.2 Å². The number of hydrogen-bond donors (Lipinski definition) is 3. The van der Waals surface area contributed by atoms with Crippen molar-refractivity contribution in [3.05, 3.63) is 0 Å². The SMILES string of the molecule is CCNC(=O)CN(CC)C(=O)C(C)(CC)C(N)=NO. The summed E-state index contributed by atoms with van der Waals surface area (Å²) in [4.78, 5) is 25.4. The minimum absolute atomic E-state index is 0.0303. The lowest BCUT2D eigenvalue weighted by atomic mass is 9.84. The van der Waals surface area contributed by atoms with Gasteiger partial charge in [-0.25, -0.2) is 0 Å². The van der Waals surface area contributed by atoms with Gasteiger partial charge in [0, 0.05) is 13.1 Å². The molecule has 19 heavy (non-hydrogen) atoms. The van der Waals surface area contributed by atoms with Crippen molar-refractivity contribution in [2.75, 3.05) is 19.6 Å². The number of amidine groups is 1. The highest BCUT2D eigenvalue weighted by Crippen LogP contribution is 2.24. The number of nitrogens with one attached hydrogen (secondary N) is 1. The van der Waals surface area contributed by atoms with Gasteiger partial charge in [-0.15, -0.1) is 0 Å². The topological polar surface area (TPSA) is 108 Å². The molecular weight excluding hydrogens is 248 g/mol. The Morgan fingerprint density at radius 3 is 2.32 bits per heavy atom. The molecule has 7 heteroatoms. The zero-order valence-corrected chi connectivity index (χ0v) is 12.1. The van der Waals surface area contributed by atoms with Crippen LogP contribution in [0.5, 0.6) is 0 Å². The van der Waals surface area contributed by atoms with Gasteiger partial charge >= 0.3 is 0 Å². The quantitative estimate of drug-likeness (QED) is 0.265. The van der Waals surface area contributed by atoms with Crippen molar-refractivity contribution < 1.29 is 14.8 Å². The maximum atomic E-state index is 12.4. The number of hydrogen-bond acceptors (Lipinski definition) is 4. The van der Waals surface area contributed by atoms with Gasteiger partial charge < -0.3 is 21.2 Å². The first kappa shape index (κ1) is 17.2. The molecule has 110 valence electrons. The molecule has 0 aliphatic heterocycles. The molecule has 1 unspecified atom stereocenters. The van der Waals surface area contributed by atoms with Gasteiger partial charge in [0.05, 0.1) is 6.54 Å². The van der Waals surface area contributed by atoms with Crippen molar-refractivity contribution in [3.63, 3.8) is 0 Å². The molecule has 0 aliphatic carbocycles. The molecule has 2 amide bonds. The van der Waals surface area contributed by atoms with E-state index in [-0.39, 0.29) is 24.2 Å². The number of amides is 2. The van der Waals surface area contributed by atoms with Crippen LogP contribution in [-0.4, -0.2) is 47.4 Å². The van der Waals surface area contributed by atoms with Crippen LogP contribution in [0.15, 0.2) is 5.16 Å². The van der Waals surface area contributed by atoms with E-state index in [0.29, 0.717) is 19.5 Å². The van der Waals surface area contributed by atoms with E-state index in [1.807, 2.05) is 6.92 Å². The first-order valence-electron chi connectivity index (χ1n) is 6.41. The molecule has 4 N–H and O–H groups in total. The second-order valence-corrected chi connectivity index (χ2v) is 4.44. The van der Waals surface area contributed by atoms with E-state index in [1.54, 1.807) is 20.8 Å². The number of nitrogens with zero attached hydrogens (tertiary/aromatic N) is 2. The molecule has 0 aromatic carbocycles. The number of nitrogens with two attached hydrogens (primary N) is 1. The van der Waals surface area contributed by atoms with E-state index >= 15 is 0 Å². The number of oxime groups is 1. The fourth-order valence-corrected chi connectivity index (χ4v) is 1.65. The van der Waals surface area contributed by atoms with Crippen LogP contribution in [0.4, 0.5) is 0 Å². The number of carbonyl (C=O) groups excluding carboxylic acids is 2. The highest BCUT2D eigenvalue weighted by Gasteiger charge is 2.39. The zero-order valence-electron chi connectivity index (χ0n) is 12.1. The van der Waals surface area contributed by atoms with Crippen molar-refractivity contribution >= 4 is 17.6 Å². The fourth-order valence-electron chi connectivity index (χ4n) is 1.65. The number of rotatable bonds is 7. The minimum Gasteiger partial charge on any atom is -0.409 e. The molecule has 0 heterocycles. The molecule has 7 nitrogen and oxygen atoms in total. The lowest BCUT2D eigenvalue weighted by molar-refractivity contribution is -0.141. The van der Waals surface area contributed by atoms with Crippen molar-refractivity contribution in [1.29, 1.82) is 0 Å². The monoisotopic (exact) mass is 272 g/mol. The van der Waals surface area contributed by atoms with E-state index in [0.717, 1.165) is 0 Å². The Balaban J connectivity index is 5.06. The molecule has 0 rings (SSSR count). The van der Waals surface area contributed by atoms with Crippen LogP contribution in [-0.2, 0) is 9.59 Å². The lowest BCUT2D eigenvalue weighted by Gasteiger charge is -2.31. The molecule has 0 bridgehead atoms. The third kappa shape index (κ3) is 4.11. The maximum absolute atomic E-state index is 12.4. The Labute approximate surface area is 113 Å². The third-order valence-electron chi connectivity index (χ3n) is 3.23. The molecule has 0 aromatic heterocycles. The summed E-state index contributed by atoms with van der Waals surface area (Å²) in [6.07, 6.45) is 0.383. The molecular formula is C12H24N4O3. The van der Waals surface area contributed by atoms with Gasteiger partial charge in [0.1, 0.15) is 5.41 Å². The normalized spacial score (nSPS) is 14.6. The zero-order chi connectivity index (χ0) is 15.1. The van der Waals surface area contributed by atoms with Gasteiger partial charge in [-0.2, -0.15) is 0 Å². The molecule has 0 saturated heterocycles. The molecule has 0 aromatic rings. The van der Waals surface area contributed by atoms with Crippen LogP contribution < -0.4 is 11.1 Å². The van der Waals surface area contributed by atoms with Crippen molar-refractivity contribution in [3.8, 4) is 0 Å². The minimum atomic E-state index is -1.10. The largest absolute Gasteiger partial charge is 0.409 e. The van der Waals surface area contributed by atoms with Crippen molar-refractivity contribution in [2.45, 2.75) is 34.1 Å². The Morgan fingerprint density at radius 2 is 1.95 bits per heavy atom. The Bertz CT molecular complexity index is 357. The predicted octanol–water partition coefficient (Wildman–Crippen LogP) is 0.134. The summed E-state index contributed by atoms with van der Waals surface area (Å²) in [7, 11) is 0. The van der Waals surface area contributed by atoms with Crippen LogP contribution in [0.1, 0.15) is 34.1 Å². The molecule has 0 radical (unpaired) electrons. The van der Waals surface area contributed by atoms with Gasteiger partial charge in [0.15, 0.2) is 5.84 Å². The maximum Gasteiger partial charge on any atom is 0.239 e. The molecule has 0 saturated carbocycles. The molecule has 0 spiro atoms. The summed E-state index contributed by atoms with van der Waals surface area (Å²) in [6.45, 7) is 7.82. The van der Waals surface area contributed by atoms with Gasteiger partial charge in [-0.1, -0.05) is 12.1 Å². The Morgan fingerprint density at radius 1 is 1.37 bits per heavy atom. The van der Waals surface area contributed by atoms with E-state index < -0.39 is 5.41 Å². The first-order valence-corrected chi connectivity index (χ1v) is 6.41. The average molecular weight is 272 g/mol. The Hall–Kier alpha value is -1.79. The summed E-state index contributed by atoms with van der Waals surface area (Å²) in [5.41, 5.74) is 4.50. The van der Waals surface area contributed by atoms with Crippen molar-refractivity contribution in [2.24, 2.45) is 16.3 Å². The van der Waals surface area contributed by atoms with Crippen LogP contribution >= 0.6 is 0 Å². The fraction of sp³-hybridized carbons (Fsp3) is 0.750. The summed E-state index contributed by atoms with van der Waals surface area (Å²) < 4.78 is 0. The van der Waals surface area contributed by atoms with E-state index in [2.05, 4.69) is 10.5 Å². The van der Waals surface area contributed by atoms with Gasteiger partial charge in [0.25, 0.3) is 0 Å². The van der Waals surface area contributed by atoms with Gasteiger partial charge in [-0.3, -0.25) is 9.59 Å². The summed E-state index contributed by atoms with van der Waals surface area (Å²) in [5, 5.41) is 14.3. The summed E-state index contributed by atoms with van der Waals surface area (Å²) >= 11 is 0. The first-order chi connectivity index (χ1) is 8.87. The number of carbonyl (C=O) groups is 2. The van der Waals surface area contributed by atoms with Crippen LogP contribution in [0.2, 0.25) is 0 Å². The van der Waals surface area contributed by atoms with E-state index in [9.17, 15) is 9.59 Å². The lowest BCUT2D eigenvalue weighted by Crippen LogP contribution is -2.51. The third-order valence-corrected chi connectivity index (χ3v) is 3.23. The standard InChI is InChI=1S/C12H24N4O3/c1-5-12(4,10(13)15-19)11(18)16(7-3)8-9(17)14-6-2/h19H,5-8H2,1-4H3,(H2,13,15)(H,14,17). The Kier molecular flexibility index (Phi) is 6.89. The summed E-state index contributed by atoms with van der Waals surface area (Å²) in [5.74, 6) is -0.691. The van der Waals surface area contributed by atoms with Crippen LogP contribution in [0.3, 0.4) is 0 Å². The second-order valence-electron chi connectivity index (χ2n) is 4.44. The van der Waals surface area contributed by atoms with E-state index in [1.165, 1.54) is 4.90 Å². The molecule has 0 fully saturated rings. The van der Waals surface area contributed by atoms with Crippen molar-refractivity contribution in [1.82, 2.24) is 10.2 Å². The van der Waals surface area contributed by atoms with Gasteiger partial charge in [0.2, 0.25) is 11.8 Å². The summed E-state index contributed by atoms with van der Waals surface area (Å²) in [6, 6.07) is 0. The second kappa shape index (κ2) is 7.60. The highest BCUT2D eigenvalue weighted by atomic mass is 16.4. The molecule has 1 atom stereocenters. The van der Waals surface area contributed by atoms with E-state index in [4.69, 9.17) is 10.9 Å². The van der Waals surface area contributed by atoms with Crippen LogP contribution in [0, 0.1) is 5.41 Å². The highest BCUT2D eigenvalue weighted by molar-refractivity contribution is 6.06.